The highest BCUT2D eigenvalue weighted by atomic mass is 79.9. The van der Waals surface area contributed by atoms with Crippen LogP contribution in [0.25, 0.3) is 22.4 Å². The van der Waals surface area contributed by atoms with E-state index >= 15 is 0 Å². The van der Waals surface area contributed by atoms with E-state index in [1.807, 2.05) is 43.3 Å². The monoisotopic (exact) mass is 376 g/mol. The molecule has 2 N–H and O–H groups in total. The van der Waals surface area contributed by atoms with E-state index in [1.165, 1.54) is 0 Å². The quantitative estimate of drug-likeness (QED) is 0.687. The fourth-order valence-electron chi connectivity index (χ4n) is 2.33. The fourth-order valence-corrected chi connectivity index (χ4v) is 2.84. The van der Waals surface area contributed by atoms with Crippen LogP contribution in [0.15, 0.2) is 40.9 Å². The lowest BCUT2D eigenvalue weighted by molar-refractivity contribution is 0.194. The van der Waals surface area contributed by atoms with Gasteiger partial charge in [-0.05, 0) is 47.1 Å². The Morgan fingerprint density at radius 3 is 2.70 bits per heavy atom. The zero-order chi connectivity index (χ0) is 16.2. The molecule has 6 heteroatoms. The molecule has 0 unspecified atom stereocenters. The van der Waals surface area contributed by atoms with Gasteiger partial charge in [0.25, 0.3) is 0 Å². The molecule has 0 atom stereocenters. The number of aliphatic hydroxyl groups excluding tert-OH is 1. The van der Waals surface area contributed by atoms with Gasteiger partial charge in [0.2, 0.25) is 0 Å². The smallest absolute Gasteiger partial charge is 0.162 e. The molecule has 0 aliphatic carbocycles. The summed E-state index contributed by atoms with van der Waals surface area (Å²) in [7, 11) is 0. The number of hydrogen-bond acceptors (Lipinski definition) is 4. The summed E-state index contributed by atoms with van der Waals surface area (Å²) in [6.45, 7) is 2.61. The molecule has 0 aliphatic heterocycles. The minimum atomic E-state index is -0.0471. The number of aromatic amines is 1. The molecule has 5 nitrogen and oxygen atoms in total. The molecule has 0 bridgehead atoms. The minimum absolute atomic E-state index is 0.0471. The van der Waals surface area contributed by atoms with Gasteiger partial charge in [0.1, 0.15) is 12.4 Å². The number of H-pyrrole nitrogens is 1. The Morgan fingerprint density at radius 2 is 1.96 bits per heavy atom. The Balaban J connectivity index is 2.05. The van der Waals surface area contributed by atoms with Crippen molar-refractivity contribution in [1.82, 2.24) is 9.97 Å². The lowest BCUT2D eigenvalue weighted by atomic mass is 10.2. The number of aromatic nitrogens is 2. The Hall–Kier alpha value is -2.05. The number of ether oxygens (including phenoxy) is 2. The Labute approximate surface area is 142 Å². The number of aliphatic hydroxyl groups is 1. The summed E-state index contributed by atoms with van der Waals surface area (Å²) < 4.78 is 12.0. The van der Waals surface area contributed by atoms with Crippen molar-refractivity contribution in [1.29, 1.82) is 0 Å². The van der Waals surface area contributed by atoms with Crippen LogP contribution in [-0.4, -0.2) is 34.9 Å². The summed E-state index contributed by atoms with van der Waals surface area (Å²) in [5.74, 6) is 1.97. The van der Waals surface area contributed by atoms with Crippen molar-refractivity contribution in [3.8, 4) is 22.9 Å². The van der Waals surface area contributed by atoms with Gasteiger partial charge in [0, 0.05) is 10.0 Å². The zero-order valence-electron chi connectivity index (χ0n) is 12.7. The summed E-state index contributed by atoms with van der Waals surface area (Å²) in [6, 6.07) is 11.6. The molecule has 0 saturated carbocycles. The van der Waals surface area contributed by atoms with Gasteiger partial charge in [-0.2, -0.15) is 0 Å². The van der Waals surface area contributed by atoms with Crippen molar-refractivity contribution in [2.45, 2.75) is 6.92 Å². The van der Waals surface area contributed by atoms with Crippen molar-refractivity contribution in [3.63, 3.8) is 0 Å². The Bertz CT molecular complexity index is 784. The molecule has 3 rings (SSSR count). The molecule has 2 aromatic carbocycles. The first-order chi connectivity index (χ1) is 11.2. The maximum absolute atomic E-state index is 8.94. The highest BCUT2D eigenvalue weighted by Gasteiger charge is 2.15. The summed E-state index contributed by atoms with van der Waals surface area (Å²) >= 11 is 3.56. The molecule has 0 aliphatic rings. The van der Waals surface area contributed by atoms with E-state index in [9.17, 15) is 0 Å². The molecule has 0 saturated heterocycles. The van der Waals surface area contributed by atoms with Crippen LogP contribution in [0, 0.1) is 0 Å². The number of fused-ring (bicyclic) bond motifs is 1. The van der Waals surface area contributed by atoms with E-state index in [4.69, 9.17) is 14.6 Å². The largest absolute Gasteiger partial charge is 0.490 e. The maximum atomic E-state index is 8.94. The third-order valence-electron chi connectivity index (χ3n) is 3.33. The van der Waals surface area contributed by atoms with Crippen LogP contribution in [0.5, 0.6) is 11.5 Å². The molecule has 1 aromatic heterocycles. The number of benzene rings is 2. The SMILES string of the molecule is CCOc1cc(-c2nc3ccccc3[nH]2)c(Br)cc1OCCO. The van der Waals surface area contributed by atoms with Crippen LogP contribution in [0.2, 0.25) is 0 Å². The molecule has 3 aromatic rings. The lowest BCUT2D eigenvalue weighted by Gasteiger charge is -2.13. The second kappa shape index (κ2) is 7.02. The third-order valence-corrected chi connectivity index (χ3v) is 3.98. The van der Waals surface area contributed by atoms with E-state index in [0.717, 1.165) is 26.9 Å². The minimum Gasteiger partial charge on any atom is -0.490 e. The van der Waals surface area contributed by atoms with Gasteiger partial charge in [0.15, 0.2) is 11.5 Å². The van der Waals surface area contributed by atoms with E-state index in [1.54, 1.807) is 0 Å². The Morgan fingerprint density at radius 1 is 1.17 bits per heavy atom. The second-order valence-corrected chi connectivity index (χ2v) is 5.74. The first-order valence-corrected chi connectivity index (χ1v) is 8.17. The Kier molecular flexibility index (Phi) is 4.83. The van der Waals surface area contributed by atoms with E-state index in [2.05, 4.69) is 25.9 Å². The average molecular weight is 377 g/mol. The van der Waals surface area contributed by atoms with Gasteiger partial charge in [-0.15, -0.1) is 0 Å². The van der Waals surface area contributed by atoms with Crippen LogP contribution in [-0.2, 0) is 0 Å². The van der Waals surface area contributed by atoms with Crippen LogP contribution >= 0.6 is 15.9 Å². The zero-order valence-corrected chi connectivity index (χ0v) is 14.3. The summed E-state index contributed by atoms with van der Waals surface area (Å²) in [6.07, 6.45) is 0. The normalized spacial score (nSPS) is 10.9. The molecular weight excluding hydrogens is 360 g/mol. The van der Waals surface area contributed by atoms with Crippen molar-refractivity contribution in [3.05, 3.63) is 40.9 Å². The topological polar surface area (TPSA) is 67.4 Å². The number of imidazole rings is 1. The molecule has 0 spiro atoms. The third kappa shape index (κ3) is 3.33. The molecule has 120 valence electrons. The van der Waals surface area contributed by atoms with Crippen molar-refractivity contribution >= 4 is 27.0 Å². The number of hydrogen-bond donors (Lipinski definition) is 2. The van der Waals surface area contributed by atoms with Crippen molar-refractivity contribution in [2.24, 2.45) is 0 Å². The predicted molar refractivity (Wildman–Crippen MR) is 93.0 cm³/mol. The van der Waals surface area contributed by atoms with Crippen LogP contribution in [0.1, 0.15) is 6.92 Å². The highest BCUT2D eigenvalue weighted by Crippen LogP contribution is 2.38. The number of para-hydroxylation sites is 2. The van der Waals surface area contributed by atoms with E-state index in [0.29, 0.717) is 18.1 Å². The first-order valence-electron chi connectivity index (χ1n) is 7.38. The summed E-state index contributed by atoms with van der Waals surface area (Å²) in [5.41, 5.74) is 2.78. The van der Waals surface area contributed by atoms with Gasteiger partial charge in [0.05, 0.1) is 24.2 Å². The fraction of sp³-hybridized carbons (Fsp3) is 0.235. The van der Waals surface area contributed by atoms with Gasteiger partial charge in [-0.3, -0.25) is 0 Å². The van der Waals surface area contributed by atoms with E-state index in [-0.39, 0.29) is 13.2 Å². The van der Waals surface area contributed by atoms with Gasteiger partial charge in [-0.1, -0.05) is 12.1 Å². The van der Waals surface area contributed by atoms with Crippen LogP contribution in [0.4, 0.5) is 0 Å². The second-order valence-electron chi connectivity index (χ2n) is 4.89. The van der Waals surface area contributed by atoms with Gasteiger partial charge < -0.3 is 19.6 Å². The number of nitrogens with one attached hydrogen (secondary N) is 1. The number of nitrogens with zero attached hydrogens (tertiary/aromatic N) is 1. The molecule has 1 heterocycles. The lowest BCUT2D eigenvalue weighted by Crippen LogP contribution is -2.04. The van der Waals surface area contributed by atoms with E-state index < -0.39 is 0 Å². The highest BCUT2D eigenvalue weighted by molar-refractivity contribution is 9.10. The van der Waals surface area contributed by atoms with Crippen LogP contribution in [0.3, 0.4) is 0 Å². The summed E-state index contributed by atoms with van der Waals surface area (Å²) in [4.78, 5) is 7.92. The molecule has 0 amide bonds. The number of halogens is 1. The summed E-state index contributed by atoms with van der Waals surface area (Å²) in [5, 5.41) is 8.94. The number of rotatable bonds is 6. The molecule has 0 fully saturated rings. The van der Waals surface area contributed by atoms with Gasteiger partial charge >= 0.3 is 0 Å². The molecular formula is C17H17BrN2O3. The average Bonchev–Trinajstić information content (AvgIpc) is 2.98. The predicted octanol–water partition coefficient (Wildman–Crippen LogP) is 3.76. The maximum Gasteiger partial charge on any atom is 0.162 e. The van der Waals surface area contributed by atoms with Crippen LogP contribution < -0.4 is 9.47 Å². The molecule has 23 heavy (non-hydrogen) atoms. The van der Waals surface area contributed by atoms with Gasteiger partial charge in [-0.25, -0.2) is 4.98 Å². The van der Waals surface area contributed by atoms with Crippen molar-refractivity contribution in [2.75, 3.05) is 19.8 Å². The first kappa shape index (κ1) is 15.8. The molecule has 0 radical (unpaired) electrons. The standard InChI is InChI=1S/C17H17BrN2O3/c1-2-22-15-9-11(12(18)10-16(15)23-8-7-21)17-19-13-5-3-4-6-14(13)20-17/h3-6,9-10,21H,2,7-8H2,1H3,(H,19,20). The van der Waals surface area contributed by atoms with Crippen molar-refractivity contribution < 1.29 is 14.6 Å².